The Labute approximate surface area is 469 Å². The van der Waals surface area contributed by atoms with E-state index in [1.54, 1.807) is 0 Å². The second-order valence-corrected chi connectivity index (χ2v) is 19.0. The summed E-state index contributed by atoms with van der Waals surface area (Å²) < 4.78 is 82.7. The lowest BCUT2D eigenvalue weighted by Gasteiger charge is -2.31. The van der Waals surface area contributed by atoms with Gasteiger partial charge in [0.2, 0.25) is 23.0 Å². The highest BCUT2D eigenvalue weighted by atomic mass is 19.1. The van der Waals surface area contributed by atoms with Crippen LogP contribution in [0.2, 0.25) is 0 Å². The first-order valence-corrected chi connectivity index (χ1v) is 24.7. The smallest absolute Gasteiger partial charge is 0.341 e. The van der Waals surface area contributed by atoms with E-state index in [1.807, 2.05) is 0 Å². The summed E-state index contributed by atoms with van der Waals surface area (Å²) in [5, 5.41) is 140. The van der Waals surface area contributed by atoms with Crippen LogP contribution < -0.4 is 18.9 Å². The van der Waals surface area contributed by atoms with E-state index in [-0.39, 0.29) is 22.3 Å². The third-order valence-electron chi connectivity index (χ3n) is 13.8. The zero-order valence-electron chi connectivity index (χ0n) is 42.8. The number of phenolic OH excluding ortho intramolecular Hbond substituents is 8. The zero-order chi connectivity index (χ0) is 60.6. The maximum Gasteiger partial charge on any atom is 0.341 e. The van der Waals surface area contributed by atoms with Crippen LogP contribution in [0.5, 0.6) is 69.0 Å². The molecule has 0 amide bonds. The summed E-state index contributed by atoms with van der Waals surface area (Å²) in [6, 6.07) is 20.2. The molecule has 12 N–H and O–H groups in total. The Kier molecular flexibility index (Phi) is 15.9. The van der Waals surface area contributed by atoms with Crippen molar-refractivity contribution in [2.45, 2.75) is 23.7 Å². The Morgan fingerprint density at radius 1 is 0.286 bits per heavy atom. The highest BCUT2D eigenvalue weighted by molar-refractivity contribution is 5.77. The lowest BCUT2D eigenvalue weighted by Crippen LogP contribution is -2.17. The molecule has 0 aliphatic heterocycles. The molecule has 8 aromatic carbocycles. The van der Waals surface area contributed by atoms with Gasteiger partial charge in [-0.25, -0.2) is 36.7 Å². The van der Waals surface area contributed by atoms with E-state index in [1.165, 1.54) is 0 Å². The van der Waals surface area contributed by atoms with E-state index >= 15 is 17.6 Å². The van der Waals surface area contributed by atoms with Crippen molar-refractivity contribution in [3.05, 3.63) is 211 Å². The number of benzene rings is 8. The van der Waals surface area contributed by atoms with E-state index in [0.29, 0.717) is 0 Å². The number of aliphatic carboxylic acids is 4. The van der Waals surface area contributed by atoms with Crippen LogP contribution in [0.4, 0.5) is 17.6 Å². The predicted molar refractivity (Wildman–Crippen MR) is 281 cm³/mol. The number of hydrogen-bond donors (Lipinski definition) is 12. The van der Waals surface area contributed by atoms with E-state index < -0.39 is 211 Å². The fraction of sp³-hybridized carbons (Fsp3) is 0.133. The lowest BCUT2D eigenvalue weighted by molar-refractivity contribution is -0.140. The summed E-state index contributed by atoms with van der Waals surface area (Å²) in [6.45, 7) is -5.29. The molecule has 0 unspecified atom stereocenters. The van der Waals surface area contributed by atoms with Crippen LogP contribution in [-0.4, -0.2) is 112 Å². The molecule has 0 saturated carbocycles. The topological polar surface area (TPSA) is 348 Å². The Bertz CT molecular complexity index is 3290. The minimum Gasteiger partial charge on any atom is -0.504 e. The number of hydrogen-bond acceptors (Lipinski definition) is 16. The van der Waals surface area contributed by atoms with Gasteiger partial charge < -0.3 is 80.2 Å². The third kappa shape index (κ3) is 11.1. The summed E-state index contributed by atoms with van der Waals surface area (Å²) in [4.78, 5) is 49.0. The number of aromatic hydroxyl groups is 8. The van der Waals surface area contributed by atoms with Crippen LogP contribution in [0.25, 0.3) is 0 Å². The van der Waals surface area contributed by atoms with Crippen LogP contribution in [0.15, 0.2) is 121 Å². The zero-order valence-corrected chi connectivity index (χ0v) is 42.8. The molecule has 84 heavy (non-hydrogen) atoms. The number of carboxylic acid groups (broad SMARTS) is 4. The van der Waals surface area contributed by atoms with Gasteiger partial charge in [0.25, 0.3) is 0 Å². The molecular weight excluding hydrogens is 1120 g/mol. The van der Waals surface area contributed by atoms with Gasteiger partial charge in [0, 0.05) is 68.2 Å². The normalized spacial score (nSPS) is 15.4. The molecule has 0 fully saturated rings. The Hall–Kier alpha value is -11.0. The van der Waals surface area contributed by atoms with E-state index in [9.17, 15) is 80.5 Å². The first kappa shape index (κ1) is 57.6. The van der Waals surface area contributed by atoms with Gasteiger partial charge in [-0.1, -0.05) is 48.5 Å². The second-order valence-electron chi connectivity index (χ2n) is 19.0. The number of carbonyl (C=O) groups is 4. The molecule has 0 spiro atoms. The van der Waals surface area contributed by atoms with Gasteiger partial charge in [-0.2, -0.15) is 0 Å². The monoisotopic (exact) mass is 1160 g/mol. The SMILES string of the molecule is O=C(O)COc1c(O)c2cc(c1O)C(c1ccc(F)cc1)c1cc(c(O)c(OCC(=O)O)c1O)C(c1ccc(F)cc1)c1cc(c(O)c(OCC(=O)O)c1O)C(c1ccc(F)cc1)c1cc(c(O)c(OCC(=O)O)c1O)C2c1ccc(F)cc1. The minimum atomic E-state index is -1.89. The Morgan fingerprint density at radius 2 is 0.429 bits per heavy atom. The number of carboxylic acids is 4. The molecule has 1 aliphatic rings. The summed E-state index contributed by atoms with van der Waals surface area (Å²) in [5.74, 6) is -31.1. The van der Waals surface area contributed by atoms with Gasteiger partial charge in [0.15, 0.2) is 72.4 Å². The highest BCUT2D eigenvalue weighted by Crippen LogP contribution is 2.60. The Balaban J connectivity index is 1.60. The molecule has 0 aromatic heterocycles. The van der Waals surface area contributed by atoms with E-state index in [0.717, 1.165) is 121 Å². The summed E-state index contributed by atoms with van der Waals surface area (Å²) in [5.41, 5.74) is -5.05. The van der Waals surface area contributed by atoms with E-state index in [4.69, 9.17) is 18.9 Å². The summed E-state index contributed by atoms with van der Waals surface area (Å²) >= 11 is 0. The first-order chi connectivity index (χ1) is 39.9. The fourth-order valence-corrected chi connectivity index (χ4v) is 10.3. The van der Waals surface area contributed by atoms with E-state index in [2.05, 4.69) is 0 Å². The van der Waals surface area contributed by atoms with Crippen molar-refractivity contribution >= 4 is 23.9 Å². The van der Waals surface area contributed by atoms with Gasteiger partial charge in [0.1, 0.15) is 23.3 Å². The van der Waals surface area contributed by atoms with Crippen LogP contribution in [0.1, 0.15) is 90.4 Å². The number of fused-ring (bicyclic) bond motifs is 8. The van der Waals surface area contributed by atoms with Gasteiger partial charge in [-0.3, -0.25) is 0 Å². The van der Waals surface area contributed by atoms with Crippen LogP contribution >= 0.6 is 0 Å². The van der Waals surface area contributed by atoms with Crippen molar-refractivity contribution in [2.24, 2.45) is 0 Å². The molecule has 24 heteroatoms. The molecule has 8 aromatic rings. The van der Waals surface area contributed by atoms with Crippen LogP contribution in [-0.2, 0) is 19.2 Å². The van der Waals surface area contributed by atoms with Crippen molar-refractivity contribution in [1.29, 1.82) is 0 Å². The first-order valence-electron chi connectivity index (χ1n) is 24.7. The quantitative estimate of drug-likeness (QED) is 0.0402. The Morgan fingerprint density at radius 3 is 0.560 bits per heavy atom. The lowest BCUT2D eigenvalue weighted by atomic mass is 9.74. The molecule has 1 aliphatic carbocycles. The van der Waals surface area contributed by atoms with Crippen LogP contribution in [0, 0.1) is 23.3 Å². The maximum absolute atomic E-state index is 15.1. The molecule has 0 radical (unpaired) electrons. The fourth-order valence-electron chi connectivity index (χ4n) is 10.3. The molecule has 20 nitrogen and oxygen atoms in total. The van der Waals surface area contributed by atoms with Gasteiger partial charge in [0.05, 0.1) is 0 Å². The van der Waals surface area contributed by atoms with Gasteiger partial charge in [-0.05, 0) is 95.1 Å². The average molecular weight is 1160 g/mol. The molecule has 8 bridgehead atoms. The van der Waals surface area contributed by atoms with Crippen molar-refractivity contribution in [3.63, 3.8) is 0 Å². The molecule has 0 saturated heterocycles. The maximum atomic E-state index is 15.1. The second kappa shape index (κ2) is 23.2. The molecule has 432 valence electrons. The van der Waals surface area contributed by atoms with Crippen molar-refractivity contribution in [3.8, 4) is 69.0 Å². The van der Waals surface area contributed by atoms with Crippen molar-refractivity contribution in [2.75, 3.05) is 26.4 Å². The highest BCUT2D eigenvalue weighted by Gasteiger charge is 2.40. The molecular formula is C60H44F4O20. The average Bonchev–Trinajstić information content (AvgIpc) is 1.58. The molecule has 0 heterocycles. The summed E-state index contributed by atoms with van der Waals surface area (Å²) in [7, 11) is 0. The minimum absolute atomic E-state index is 0.137. The van der Waals surface area contributed by atoms with Crippen molar-refractivity contribution in [1.82, 2.24) is 0 Å². The third-order valence-corrected chi connectivity index (χ3v) is 13.8. The number of halogens is 4. The number of ether oxygens (including phenoxy) is 4. The number of phenols is 8. The van der Waals surface area contributed by atoms with Crippen molar-refractivity contribution < 1.29 is 117 Å². The summed E-state index contributed by atoms with van der Waals surface area (Å²) in [6.07, 6.45) is 0. The van der Waals surface area contributed by atoms with Crippen LogP contribution in [0.3, 0.4) is 0 Å². The predicted octanol–water partition coefficient (Wildman–Crippen LogP) is 8.78. The molecule has 0 atom stereocenters. The largest absolute Gasteiger partial charge is 0.504 e. The number of rotatable bonds is 16. The molecule has 9 rings (SSSR count). The van der Waals surface area contributed by atoms with Gasteiger partial charge in [-0.15, -0.1) is 0 Å². The van der Waals surface area contributed by atoms with Gasteiger partial charge >= 0.3 is 23.9 Å². The standard InChI is InChI=1S/C60H44F4O20/c61-29-9-1-25(2-10-29)45-33-17-35(51(75)57(49(33)73)81-21-41(65)66)46(26-3-11-30(62)12-4-26)37-19-39(55(79)59(53(37)77)83-23-43(69)70)48(28-7-15-32(64)16-8-28)40-20-38(54(78)60(56(40)80)84-24-44(71)72)47(27-5-13-31(63)14-6-27)36-18-34(45)50(74)58(52(36)76)82-22-42(67)68/h1-20,45-48,73-80H,21-24H2,(H,65,66)(H,67,68)(H,69,70)(H,71,72).